The lowest BCUT2D eigenvalue weighted by Gasteiger charge is -2.19. The maximum absolute atomic E-state index is 9.00. The average molecular weight is 238 g/mol. The van der Waals surface area contributed by atoms with Crippen molar-refractivity contribution in [1.82, 2.24) is 0 Å². The van der Waals surface area contributed by atoms with Crippen molar-refractivity contribution in [2.75, 3.05) is 11.9 Å². The van der Waals surface area contributed by atoms with Crippen LogP contribution in [0, 0.1) is 11.3 Å². The fourth-order valence-corrected chi connectivity index (χ4v) is 1.76. The number of rotatable bonds is 3. The third-order valence-corrected chi connectivity index (χ3v) is 2.87. The van der Waals surface area contributed by atoms with E-state index in [0.29, 0.717) is 5.56 Å². The molecule has 0 saturated carbocycles. The topological polar surface area (TPSA) is 47.3 Å². The van der Waals surface area contributed by atoms with Crippen LogP contribution in [0.1, 0.15) is 11.1 Å². The van der Waals surface area contributed by atoms with Crippen LogP contribution in [-0.2, 0) is 6.61 Å². The number of aliphatic hydroxyl groups is 1. The molecule has 18 heavy (non-hydrogen) atoms. The first kappa shape index (κ1) is 12.2. The van der Waals surface area contributed by atoms with Crippen LogP contribution in [0.4, 0.5) is 11.4 Å². The van der Waals surface area contributed by atoms with Crippen LogP contribution in [0.2, 0.25) is 0 Å². The minimum atomic E-state index is 0.0495. The summed E-state index contributed by atoms with van der Waals surface area (Å²) in [6.07, 6.45) is 0. The van der Waals surface area contributed by atoms with E-state index < -0.39 is 0 Å². The second-order valence-electron chi connectivity index (χ2n) is 4.05. The van der Waals surface area contributed by atoms with Crippen LogP contribution >= 0.6 is 0 Å². The Bertz CT molecular complexity index is 570. The molecule has 0 aliphatic heterocycles. The van der Waals surface area contributed by atoms with Crippen LogP contribution in [0.15, 0.2) is 48.5 Å². The van der Waals surface area contributed by atoms with E-state index in [9.17, 15) is 0 Å². The van der Waals surface area contributed by atoms with Gasteiger partial charge >= 0.3 is 0 Å². The number of anilines is 2. The molecule has 0 atom stereocenters. The van der Waals surface area contributed by atoms with Gasteiger partial charge in [0.15, 0.2) is 0 Å². The van der Waals surface area contributed by atoms with Gasteiger partial charge in [0, 0.05) is 18.4 Å². The molecule has 0 fully saturated rings. The molecule has 2 rings (SSSR count). The number of nitrogens with zero attached hydrogens (tertiary/aromatic N) is 2. The van der Waals surface area contributed by atoms with Gasteiger partial charge in [-0.05, 0) is 35.9 Å². The Morgan fingerprint density at radius 3 is 2.44 bits per heavy atom. The Morgan fingerprint density at radius 1 is 1.11 bits per heavy atom. The second kappa shape index (κ2) is 5.35. The molecule has 0 aliphatic rings. The molecule has 2 aromatic rings. The van der Waals surface area contributed by atoms with Gasteiger partial charge in [-0.3, -0.25) is 0 Å². The highest BCUT2D eigenvalue weighted by molar-refractivity contribution is 5.64. The standard InChI is InChI=1S/C15H14N2O/c1-17(14-7-5-12(11-18)6-8-14)15-4-2-3-13(9-15)10-16/h2-9,18H,11H2,1H3. The molecule has 0 amide bonds. The summed E-state index contributed by atoms with van der Waals surface area (Å²) in [5.74, 6) is 0. The SMILES string of the molecule is CN(c1ccc(CO)cc1)c1cccc(C#N)c1. The minimum absolute atomic E-state index is 0.0495. The summed E-state index contributed by atoms with van der Waals surface area (Å²) in [4.78, 5) is 2.00. The number of benzene rings is 2. The molecule has 0 unspecified atom stereocenters. The highest BCUT2D eigenvalue weighted by Gasteiger charge is 2.04. The Kier molecular flexibility index (Phi) is 3.61. The molecule has 2 aromatic carbocycles. The summed E-state index contributed by atoms with van der Waals surface area (Å²) in [6, 6.07) is 17.3. The number of nitriles is 1. The van der Waals surface area contributed by atoms with Gasteiger partial charge in [-0.25, -0.2) is 0 Å². The van der Waals surface area contributed by atoms with Crippen molar-refractivity contribution in [1.29, 1.82) is 5.26 Å². The van der Waals surface area contributed by atoms with E-state index in [-0.39, 0.29) is 6.61 Å². The van der Waals surface area contributed by atoms with Crippen molar-refractivity contribution in [2.24, 2.45) is 0 Å². The molecule has 1 N–H and O–H groups in total. The lowest BCUT2D eigenvalue weighted by molar-refractivity contribution is 0.282. The fourth-order valence-electron chi connectivity index (χ4n) is 1.76. The molecule has 0 heterocycles. The average Bonchev–Trinajstić information content (AvgIpc) is 2.46. The molecular formula is C15H14N2O. The van der Waals surface area contributed by atoms with E-state index >= 15 is 0 Å². The lowest BCUT2D eigenvalue weighted by atomic mass is 10.1. The Hall–Kier alpha value is -2.31. The third kappa shape index (κ3) is 2.50. The Morgan fingerprint density at radius 2 is 1.83 bits per heavy atom. The molecule has 3 heteroatoms. The van der Waals surface area contributed by atoms with Gasteiger partial charge in [-0.15, -0.1) is 0 Å². The lowest BCUT2D eigenvalue weighted by Crippen LogP contribution is -2.09. The monoisotopic (exact) mass is 238 g/mol. The minimum Gasteiger partial charge on any atom is -0.392 e. The number of aliphatic hydroxyl groups excluding tert-OH is 1. The molecule has 0 aromatic heterocycles. The second-order valence-corrected chi connectivity index (χ2v) is 4.05. The van der Waals surface area contributed by atoms with Crippen molar-refractivity contribution in [3.8, 4) is 6.07 Å². The van der Waals surface area contributed by atoms with Crippen LogP contribution in [-0.4, -0.2) is 12.2 Å². The van der Waals surface area contributed by atoms with Gasteiger partial charge < -0.3 is 10.0 Å². The Labute approximate surface area is 107 Å². The predicted molar refractivity (Wildman–Crippen MR) is 71.6 cm³/mol. The molecule has 0 spiro atoms. The van der Waals surface area contributed by atoms with Gasteiger partial charge in [0.25, 0.3) is 0 Å². The summed E-state index contributed by atoms with van der Waals surface area (Å²) < 4.78 is 0. The summed E-state index contributed by atoms with van der Waals surface area (Å²) in [7, 11) is 1.95. The normalized spacial score (nSPS) is 9.83. The molecule has 0 saturated heterocycles. The Balaban J connectivity index is 2.29. The zero-order chi connectivity index (χ0) is 13.0. The first-order valence-electron chi connectivity index (χ1n) is 5.68. The summed E-state index contributed by atoms with van der Waals surface area (Å²) >= 11 is 0. The van der Waals surface area contributed by atoms with Crippen molar-refractivity contribution >= 4 is 11.4 Å². The largest absolute Gasteiger partial charge is 0.392 e. The van der Waals surface area contributed by atoms with Crippen LogP contribution < -0.4 is 4.90 Å². The van der Waals surface area contributed by atoms with E-state index in [1.807, 2.05) is 54.4 Å². The van der Waals surface area contributed by atoms with E-state index in [1.165, 1.54) is 0 Å². The van der Waals surface area contributed by atoms with Crippen LogP contribution in [0.3, 0.4) is 0 Å². The molecule has 3 nitrogen and oxygen atoms in total. The maximum Gasteiger partial charge on any atom is 0.0992 e. The molecule has 0 radical (unpaired) electrons. The summed E-state index contributed by atoms with van der Waals surface area (Å²) in [5, 5.41) is 17.9. The predicted octanol–water partition coefficient (Wildman–Crippen LogP) is 2.82. The molecule has 0 bridgehead atoms. The quantitative estimate of drug-likeness (QED) is 0.894. The van der Waals surface area contributed by atoms with Crippen molar-refractivity contribution < 1.29 is 5.11 Å². The molecular weight excluding hydrogens is 224 g/mol. The first-order chi connectivity index (χ1) is 8.74. The van der Waals surface area contributed by atoms with Crippen molar-refractivity contribution in [3.05, 3.63) is 59.7 Å². The van der Waals surface area contributed by atoms with E-state index in [1.54, 1.807) is 6.07 Å². The van der Waals surface area contributed by atoms with Crippen molar-refractivity contribution in [3.63, 3.8) is 0 Å². The number of hydrogen-bond acceptors (Lipinski definition) is 3. The number of hydrogen-bond donors (Lipinski definition) is 1. The van der Waals surface area contributed by atoms with Gasteiger partial charge in [-0.1, -0.05) is 18.2 Å². The summed E-state index contributed by atoms with van der Waals surface area (Å²) in [5.41, 5.74) is 3.51. The van der Waals surface area contributed by atoms with E-state index in [0.717, 1.165) is 16.9 Å². The zero-order valence-corrected chi connectivity index (χ0v) is 10.2. The van der Waals surface area contributed by atoms with Crippen LogP contribution in [0.5, 0.6) is 0 Å². The maximum atomic E-state index is 9.00. The fraction of sp³-hybridized carbons (Fsp3) is 0.133. The first-order valence-corrected chi connectivity index (χ1v) is 5.68. The van der Waals surface area contributed by atoms with Gasteiger partial charge in [-0.2, -0.15) is 5.26 Å². The van der Waals surface area contributed by atoms with E-state index in [4.69, 9.17) is 10.4 Å². The van der Waals surface area contributed by atoms with E-state index in [2.05, 4.69) is 6.07 Å². The smallest absolute Gasteiger partial charge is 0.0992 e. The van der Waals surface area contributed by atoms with Gasteiger partial charge in [0.2, 0.25) is 0 Å². The highest BCUT2D eigenvalue weighted by atomic mass is 16.3. The zero-order valence-electron chi connectivity index (χ0n) is 10.2. The van der Waals surface area contributed by atoms with Gasteiger partial charge in [0.1, 0.15) is 0 Å². The van der Waals surface area contributed by atoms with Crippen LogP contribution in [0.25, 0.3) is 0 Å². The van der Waals surface area contributed by atoms with Gasteiger partial charge in [0.05, 0.1) is 18.2 Å². The molecule has 0 aliphatic carbocycles. The summed E-state index contributed by atoms with van der Waals surface area (Å²) in [6.45, 7) is 0.0495. The third-order valence-electron chi connectivity index (χ3n) is 2.87. The van der Waals surface area contributed by atoms with Crippen molar-refractivity contribution in [2.45, 2.75) is 6.61 Å². The highest BCUT2D eigenvalue weighted by Crippen LogP contribution is 2.24. The molecule has 90 valence electrons.